The van der Waals surface area contributed by atoms with Crippen molar-refractivity contribution in [2.45, 2.75) is 25.4 Å². The highest BCUT2D eigenvalue weighted by Gasteiger charge is 2.23. The lowest BCUT2D eigenvalue weighted by Crippen LogP contribution is -2.03. The molecule has 0 heterocycles. The lowest BCUT2D eigenvalue weighted by Gasteiger charge is -2.14. The molecule has 3 nitrogen and oxygen atoms in total. The number of hydrogen-bond acceptors (Lipinski definition) is 3. The summed E-state index contributed by atoms with van der Waals surface area (Å²) in [5.41, 5.74) is 6.04. The fourth-order valence-electron chi connectivity index (χ4n) is 3.84. The van der Waals surface area contributed by atoms with E-state index in [4.69, 9.17) is 21.2 Å². The van der Waals surface area contributed by atoms with Crippen LogP contribution in [0.4, 0.5) is 0 Å². The van der Waals surface area contributed by atoms with Gasteiger partial charge >= 0.3 is 0 Å². The molecule has 0 saturated heterocycles. The van der Waals surface area contributed by atoms with Gasteiger partial charge in [-0.3, -0.25) is 0 Å². The molecule has 0 N–H and O–H groups in total. The zero-order valence-corrected chi connectivity index (χ0v) is 16.5. The van der Waals surface area contributed by atoms with E-state index in [1.165, 1.54) is 30.2 Å². The van der Waals surface area contributed by atoms with Crippen molar-refractivity contribution in [3.8, 4) is 5.75 Å². The first-order valence-electron chi connectivity index (χ1n) is 9.41. The van der Waals surface area contributed by atoms with E-state index < -0.39 is 0 Å². The molecule has 0 fully saturated rings. The fourth-order valence-corrected chi connectivity index (χ4v) is 4.09. The Morgan fingerprint density at radius 1 is 1.00 bits per heavy atom. The van der Waals surface area contributed by atoms with Crippen LogP contribution in [0.3, 0.4) is 0 Å². The number of rotatable bonds is 6. The Bertz CT molecular complexity index is 982. The minimum absolute atomic E-state index is 0.317. The van der Waals surface area contributed by atoms with Gasteiger partial charge in [-0.05, 0) is 47.2 Å². The molecule has 1 unspecified atom stereocenters. The SMILES string of the molecule is CO/N=C(\Cl)c1ccccc1COc1ccc(C2CCc3ccccc32)cc1. The molecule has 142 valence electrons. The van der Waals surface area contributed by atoms with Gasteiger partial charge in [0.05, 0.1) is 0 Å². The van der Waals surface area contributed by atoms with E-state index in [-0.39, 0.29) is 0 Å². The van der Waals surface area contributed by atoms with Crippen molar-refractivity contribution >= 4 is 16.8 Å². The van der Waals surface area contributed by atoms with E-state index >= 15 is 0 Å². The molecule has 4 rings (SSSR count). The summed E-state index contributed by atoms with van der Waals surface area (Å²) in [6.45, 7) is 0.414. The monoisotopic (exact) mass is 391 g/mol. The van der Waals surface area contributed by atoms with Gasteiger partial charge in [-0.2, -0.15) is 0 Å². The number of hydrogen-bond donors (Lipinski definition) is 0. The number of ether oxygens (including phenoxy) is 1. The molecule has 0 spiro atoms. The predicted molar refractivity (Wildman–Crippen MR) is 113 cm³/mol. The topological polar surface area (TPSA) is 30.8 Å². The number of halogens is 1. The molecule has 4 heteroatoms. The Labute approximate surface area is 170 Å². The second-order valence-corrected chi connectivity index (χ2v) is 7.23. The highest BCUT2D eigenvalue weighted by atomic mass is 35.5. The molecular weight excluding hydrogens is 370 g/mol. The standard InChI is InChI=1S/C24H22ClNO2/c1-27-26-24(25)23-9-5-3-7-19(23)16-28-20-13-10-18(11-14-20)22-15-12-17-6-2-4-8-21(17)22/h2-11,13-14,22H,12,15-16H2,1H3/b26-24-. The average Bonchev–Trinajstić information content (AvgIpc) is 3.17. The van der Waals surface area contributed by atoms with Gasteiger partial charge in [0.1, 0.15) is 19.5 Å². The van der Waals surface area contributed by atoms with Gasteiger partial charge in [-0.25, -0.2) is 0 Å². The summed E-state index contributed by atoms with van der Waals surface area (Å²) in [7, 11) is 1.48. The van der Waals surface area contributed by atoms with E-state index in [1.807, 2.05) is 36.4 Å². The normalized spacial score (nSPS) is 15.9. The Hall–Kier alpha value is -2.78. The molecule has 28 heavy (non-hydrogen) atoms. The first kappa shape index (κ1) is 18.6. The second kappa shape index (κ2) is 8.49. The van der Waals surface area contributed by atoms with Crippen molar-refractivity contribution in [1.82, 2.24) is 0 Å². The molecule has 3 aromatic carbocycles. The van der Waals surface area contributed by atoms with Crippen LogP contribution in [0.1, 0.15) is 40.2 Å². The highest BCUT2D eigenvalue weighted by Crippen LogP contribution is 2.38. The highest BCUT2D eigenvalue weighted by molar-refractivity contribution is 6.69. The summed E-state index contributed by atoms with van der Waals surface area (Å²) < 4.78 is 5.99. The van der Waals surface area contributed by atoms with E-state index in [0.29, 0.717) is 17.7 Å². The van der Waals surface area contributed by atoms with Crippen LogP contribution in [-0.2, 0) is 17.9 Å². The van der Waals surface area contributed by atoms with E-state index in [2.05, 4.69) is 41.6 Å². The van der Waals surface area contributed by atoms with Crippen LogP contribution in [0.25, 0.3) is 0 Å². The maximum atomic E-state index is 6.20. The van der Waals surface area contributed by atoms with Gasteiger partial charge in [-0.15, -0.1) is 0 Å². The summed E-state index contributed by atoms with van der Waals surface area (Å²) in [6.07, 6.45) is 2.32. The Morgan fingerprint density at radius 2 is 1.75 bits per heavy atom. The number of benzene rings is 3. The molecule has 0 amide bonds. The molecule has 0 aromatic heterocycles. The second-order valence-electron chi connectivity index (χ2n) is 6.87. The summed E-state index contributed by atoms with van der Waals surface area (Å²) in [5, 5.41) is 4.13. The van der Waals surface area contributed by atoms with Crippen LogP contribution < -0.4 is 4.74 Å². The molecule has 0 radical (unpaired) electrons. The van der Waals surface area contributed by atoms with Crippen molar-refractivity contribution in [1.29, 1.82) is 0 Å². The van der Waals surface area contributed by atoms with Gasteiger partial charge in [0.2, 0.25) is 0 Å². The number of fused-ring (bicyclic) bond motifs is 1. The van der Waals surface area contributed by atoms with Crippen LogP contribution in [0, 0.1) is 0 Å². The van der Waals surface area contributed by atoms with Crippen molar-refractivity contribution in [2.75, 3.05) is 7.11 Å². The molecular formula is C24H22ClNO2. The van der Waals surface area contributed by atoms with Crippen LogP contribution in [0.15, 0.2) is 78.0 Å². The third-order valence-corrected chi connectivity index (χ3v) is 5.49. The first-order chi connectivity index (χ1) is 13.8. The van der Waals surface area contributed by atoms with Crippen LogP contribution in [0.5, 0.6) is 5.75 Å². The van der Waals surface area contributed by atoms with Gasteiger partial charge in [0, 0.05) is 11.5 Å². The van der Waals surface area contributed by atoms with Crippen LogP contribution in [0.2, 0.25) is 0 Å². The van der Waals surface area contributed by atoms with Crippen LogP contribution in [-0.4, -0.2) is 12.3 Å². The molecule has 3 aromatic rings. The quantitative estimate of drug-likeness (QED) is 0.387. The van der Waals surface area contributed by atoms with Crippen molar-refractivity contribution in [3.63, 3.8) is 0 Å². The minimum atomic E-state index is 0.317. The lowest BCUT2D eigenvalue weighted by molar-refractivity contribution is 0.214. The maximum absolute atomic E-state index is 6.20. The van der Waals surface area contributed by atoms with Crippen LogP contribution >= 0.6 is 11.6 Å². The van der Waals surface area contributed by atoms with Gasteiger partial charge in [0.25, 0.3) is 0 Å². The zero-order chi connectivity index (χ0) is 19.3. The molecule has 1 aliphatic rings. The Kier molecular flexibility index (Phi) is 5.63. The maximum Gasteiger partial charge on any atom is 0.175 e. The first-order valence-corrected chi connectivity index (χ1v) is 9.79. The zero-order valence-electron chi connectivity index (χ0n) is 15.8. The largest absolute Gasteiger partial charge is 0.489 e. The van der Waals surface area contributed by atoms with Crippen molar-refractivity contribution in [3.05, 3.63) is 101 Å². The number of nitrogens with zero attached hydrogens (tertiary/aromatic N) is 1. The Balaban J connectivity index is 1.46. The molecule has 0 bridgehead atoms. The molecule has 1 atom stereocenters. The lowest BCUT2D eigenvalue weighted by atomic mass is 9.93. The van der Waals surface area contributed by atoms with E-state index in [1.54, 1.807) is 0 Å². The van der Waals surface area contributed by atoms with Crippen molar-refractivity contribution < 1.29 is 9.57 Å². The number of oxime groups is 1. The minimum Gasteiger partial charge on any atom is -0.489 e. The van der Waals surface area contributed by atoms with E-state index in [9.17, 15) is 0 Å². The Morgan fingerprint density at radius 3 is 2.57 bits per heavy atom. The summed E-state index contributed by atoms with van der Waals surface area (Å²) in [6, 6.07) is 24.9. The third kappa shape index (κ3) is 3.90. The van der Waals surface area contributed by atoms with E-state index in [0.717, 1.165) is 23.3 Å². The molecule has 1 aliphatic carbocycles. The van der Waals surface area contributed by atoms with Gasteiger partial charge in [0.15, 0.2) is 5.17 Å². The van der Waals surface area contributed by atoms with Gasteiger partial charge < -0.3 is 9.57 Å². The summed E-state index contributed by atoms with van der Waals surface area (Å²) in [5.74, 6) is 1.32. The van der Waals surface area contributed by atoms with Crippen molar-refractivity contribution in [2.24, 2.45) is 5.16 Å². The number of aryl methyl sites for hydroxylation is 1. The average molecular weight is 392 g/mol. The molecule has 0 saturated carbocycles. The molecule has 0 aliphatic heterocycles. The predicted octanol–water partition coefficient (Wildman–Crippen LogP) is 5.89. The summed E-state index contributed by atoms with van der Waals surface area (Å²) >= 11 is 6.20. The fraction of sp³-hybridized carbons (Fsp3) is 0.208. The summed E-state index contributed by atoms with van der Waals surface area (Å²) in [4.78, 5) is 4.78. The van der Waals surface area contributed by atoms with Gasteiger partial charge in [-0.1, -0.05) is 77.4 Å². The third-order valence-electron chi connectivity index (χ3n) is 5.22. The smallest absolute Gasteiger partial charge is 0.175 e.